The molecule has 0 bridgehead atoms. The molecule has 4 N–H and O–H groups in total. The van der Waals surface area contributed by atoms with E-state index in [1.54, 1.807) is 18.5 Å². The van der Waals surface area contributed by atoms with Gasteiger partial charge < -0.3 is 26.5 Å². The Morgan fingerprint density at radius 1 is 1.03 bits per heavy atom. The minimum absolute atomic E-state index is 0. The topological polar surface area (TPSA) is 159 Å². The van der Waals surface area contributed by atoms with Crippen LogP contribution in [0.1, 0.15) is 5.56 Å². The molecule has 2 heterocycles. The van der Waals surface area contributed by atoms with Crippen molar-refractivity contribution in [2.75, 3.05) is 7.11 Å². The van der Waals surface area contributed by atoms with E-state index in [0.29, 0.717) is 0 Å². The molecular formula is C21H19CuN5O4. The van der Waals surface area contributed by atoms with Crippen molar-refractivity contribution in [3.8, 4) is 11.5 Å². The molecule has 4 aromatic rings. The summed E-state index contributed by atoms with van der Waals surface area (Å²) in [5, 5.41) is 17.1. The largest absolute Gasteiger partial charge is 2.00 e. The van der Waals surface area contributed by atoms with Gasteiger partial charge in [-0.2, -0.15) is 0 Å². The molecule has 9 nitrogen and oxygen atoms in total. The molecule has 1 radical (unpaired) electrons. The first-order valence-corrected chi connectivity index (χ1v) is 8.56. The summed E-state index contributed by atoms with van der Waals surface area (Å²) in [6.45, 7) is 0. The monoisotopic (exact) mass is 468 g/mol. The van der Waals surface area contributed by atoms with Gasteiger partial charge in [0.05, 0.1) is 18.1 Å². The average Bonchev–Trinajstić information content (AvgIpc) is 2.75. The maximum atomic E-state index is 11.5. The van der Waals surface area contributed by atoms with E-state index in [1.165, 1.54) is 19.2 Å². The first kappa shape index (κ1) is 25.3. The number of primary amides is 1. The molecule has 0 aliphatic heterocycles. The van der Waals surface area contributed by atoms with Gasteiger partial charge in [0.2, 0.25) is 0 Å². The molecule has 0 fully saturated rings. The smallest absolute Gasteiger partial charge is 0.870 e. The Morgan fingerprint density at radius 2 is 1.61 bits per heavy atom. The first-order valence-electron chi connectivity index (χ1n) is 8.56. The van der Waals surface area contributed by atoms with Crippen LogP contribution in [0.15, 0.2) is 72.1 Å². The van der Waals surface area contributed by atoms with Crippen molar-refractivity contribution < 1.29 is 37.2 Å². The van der Waals surface area contributed by atoms with Gasteiger partial charge in [0.1, 0.15) is 5.75 Å². The molecule has 2 aromatic carbocycles. The van der Waals surface area contributed by atoms with E-state index in [9.17, 15) is 9.90 Å². The number of carbonyl (C=O) groups excluding carboxylic acids is 1. The van der Waals surface area contributed by atoms with Gasteiger partial charge in [-0.3, -0.25) is 19.9 Å². The third-order valence-corrected chi connectivity index (χ3v) is 3.93. The van der Waals surface area contributed by atoms with Crippen LogP contribution >= 0.6 is 0 Å². The zero-order chi connectivity index (χ0) is 20.6. The van der Waals surface area contributed by atoms with Gasteiger partial charge in [0.25, 0.3) is 0 Å². The summed E-state index contributed by atoms with van der Waals surface area (Å²) in [6, 6.07) is 15.9. The number of ether oxygens (including phenoxy) is 1. The van der Waals surface area contributed by atoms with E-state index in [0.717, 1.165) is 28.0 Å². The van der Waals surface area contributed by atoms with Gasteiger partial charge in [-0.1, -0.05) is 42.1 Å². The Bertz CT molecular complexity index is 1130. The Labute approximate surface area is 188 Å². The van der Waals surface area contributed by atoms with Crippen LogP contribution in [0.4, 0.5) is 4.79 Å². The Morgan fingerprint density at radius 3 is 2.13 bits per heavy atom. The number of aromatic nitrogens is 2. The number of para-hydroxylation sites is 1. The predicted octanol–water partition coefficient (Wildman–Crippen LogP) is 2.51. The fraction of sp³-hybridized carbons (Fsp3) is 0.0476. The number of benzene rings is 2. The molecule has 4 rings (SSSR count). The van der Waals surface area contributed by atoms with Crippen molar-refractivity contribution in [2.24, 2.45) is 10.8 Å². The molecular weight excluding hydrogens is 450 g/mol. The van der Waals surface area contributed by atoms with Crippen LogP contribution in [0.2, 0.25) is 0 Å². The van der Waals surface area contributed by atoms with Crippen LogP contribution in [0.25, 0.3) is 27.2 Å². The quantitative estimate of drug-likeness (QED) is 0.211. The Balaban J connectivity index is 0.000000291. The Hall–Kier alpha value is -3.72. The number of hydrogen-bond acceptors (Lipinski definition) is 6. The number of carbonyl (C=O) groups is 1. The van der Waals surface area contributed by atoms with Gasteiger partial charge in [0, 0.05) is 29.4 Å². The third-order valence-electron chi connectivity index (χ3n) is 3.93. The number of nitrogens with zero attached hydrogens (tertiary/aromatic N) is 4. The van der Waals surface area contributed by atoms with Gasteiger partial charge in [-0.05, 0) is 23.8 Å². The molecule has 0 spiro atoms. The van der Waals surface area contributed by atoms with Gasteiger partial charge >= 0.3 is 17.1 Å². The van der Waals surface area contributed by atoms with Crippen molar-refractivity contribution in [3.05, 3.63) is 78.0 Å². The minimum atomic E-state index is -0.915. The molecule has 0 saturated heterocycles. The number of hydrogen-bond donors (Lipinski definition) is 1. The summed E-state index contributed by atoms with van der Waals surface area (Å²) in [4.78, 5) is 18.9. The van der Waals surface area contributed by atoms with E-state index < -0.39 is 6.03 Å². The summed E-state index contributed by atoms with van der Waals surface area (Å²) in [7, 11) is 1.39. The number of methoxy groups -OCH3 is 1. The summed E-state index contributed by atoms with van der Waals surface area (Å²) in [6.07, 6.45) is 4.75. The molecule has 0 aliphatic rings. The van der Waals surface area contributed by atoms with Crippen LogP contribution in [-0.4, -0.2) is 34.8 Å². The van der Waals surface area contributed by atoms with Crippen molar-refractivity contribution in [2.45, 2.75) is 0 Å². The van der Waals surface area contributed by atoms with E-state index in [-0.39, 0.29) is 39.6 Å². The molecule has 0 saturated carbocycles. The third kappa shape index (κ3) is 6.38. The molecule has 163 valence electrons. The first-order chi connectivity index (χ1) is 14.1. The molecule has 0 aliphatic carbocycles. The second-order valence-electron chi connectivity index (χ2n) is 5.78. The van der Waals surface area contributed by atoms with Crippen molar-refractivity contribution in [3.63, 3.8) is 0 Å². The standard InChI is InChI=1S/C12H8N2.C9H11N3O3.Cu.H2O/c1-3-9-5-6-10-4-2-8-14-12(10)11(9)13-7-1;1-15-7-4-2-3-6(8(7)13)5-11-12-9(10)14;;/h1-8H;2-5H,1H3,(H4,10,11,12,13,14);;1H2/q;;+2;/p-2. The van der Waals surface area contributed by atoms with Gasteiger partial charge in [0.15, 0.2) is 6.03 Å². The Kier molecular flexibility index (Phi) is 9.87. The SMILES string of the molecule is COc1cccc(C=N[N-]C(N)=O)c1[O-].O.[Cu+2].c1cnc2c(c1)ccc1cccnc12. The average molecular weight is 469 g/mol. The molecule has 0 unspecified atom stereocenters. The van der Waals surface area contributed by atoms with E-state index in [1.807, 2.05) is 12.1 Å². The zero-order valence-corrected chi connectivity index (χ0v) is 17.3. The van der Waals surface area contributed by atoms with E-state index in [2.05, 4.69) is 44.8 Å². The molecule has 0 atom stereocenters. The minimum Gasteiger partial charge on any atom is -0.870 e. The van der Waals surface area contributed by atoms with Crippen molar-refractivity contribution in [1.82, 2.24) is 9.97 Å². The van der Waals surface area contributed by atoms with E-state index in [4.69, 9.17) is 10.5 Å². The van der Waals surface area contributed by atoms with Crippen LogP contribution < -0.4 is 15.6 Å². The van der Waals surface area contributed by atoms with Gasteiger partial charge in [-0.15, -0.1) is 0 Å². The van der Waals surface area contributed by atoms with Crippen molar-refractivity contribution in [1.29, 1.82) is 0 Å². The molecule has 31 heavy (non-hydrogen) atoms. The summed E-state index contributed by atoms with van der Waals surface area (Å²) < 4.78 is 4.82. The number of fused-ring (bicyclic) bond motifs is 3. The van der Waals surface area contributed by atoms with Crippen LogP contribution in [0.5, 0.6) is 11.5 Å². The molecule has 10 heteroatoms. The summed E-state index contributed by atoms with van der Waals surface area (Å²) >= 11 is 0. The molecule has 2 amide bonds. The summed E-state index contributed by atoms with van der Waals surface area (Å²) in [5.41, 5.74) is 10.0. The predicted molar refractivity (Wildman–Crippen MR) is 114 cm³/mol. The fourth-order valence-corrected chi connectivity index (χ4v) is 2.62. The number of amides is 2. The zero-order valence-electron chi connectivity index (χ0n) is 16.3. The maximum Gasteiger partial charge on any atom is 2.00 e. The van der Waals surface area contributed by atoms with Gasteiger partial charge in [-0.25, -0.2) is 0 Å². The van der Waals surface area contributed by atoms with E-state index >= 15 is 0 Å². The number of pyridine rings is 2. The van der Waals surface area contributed by atoms with Crippen molar-refractivity contribution >= 4 is 34.1 Å². The molecule has 2 aromatic heterocycles. The second kappa shape index (κ2) is 12.1. The maximum absolute atomic E-state index is 11.5. The summed E-state index contributed by atoms with van der Waals surface area (Å²) in [5.74, 6) is -0.110. The van der Waals surface area contributed by atoms with Crippen LogP contribution in [0, 0.1) is 0 Å². The van der Waals surface area contributed by atoms with Crippen LogP contribution in [0.3, 0.4) is 0 Å². The number of urea groups is 1. The number of rotatable bonds is 3. The van der Waals surface area contributed by atoms with Crippen LogP contribution in [-0.2, 0) is 17.1 Å². The normalized spacial score (nSPS) is 9.84. The fourth-order valence-electron chi connectivity index (χ4n) is 2.62. The number of nitrogens with two attached hydrogens (primary N) is 1. The second-order valence-corrected chi connectivity index (χ2v) is 5.78.